The number of halogens is 2. The van der Waals surface area contributed by atoms with Gasteiger partial charge < -0.3 is 5.11 Å². The first-order valence-corrected chi connectivity index (χ1v) is 5.11. The van der Waals surface area contributed by atoms with Crippen molar-refractivity contribution < 1.29 is 13.9 Å². The molecule has 0 aromatic heterocycles. The molecule has 0 fully saturated rings. The van der Waals surface area contributed by atoms with E-state index in [4.69, 9.17) is 0 Å². The molecular weight excluding hydrogens is 210 g/mol. The Balaban J connectivity index is 5.38. The second-order valence-corrected chi connectivity index (χ2v) is 3.54. The molecule has 0 aromatic rings. The minimum Gasteiger partial charge on any atom is -0.507 e. The van der Waals surface area contributed by atoms with E-state index in [0.29, 0.717) is 12.0 Å². The number of hydrogen-bond acceptors (Lipinski definition) is 1. The second kappa shape index (κ2) is 6.26. The van der Waals surface area contributed by atoms with Gasteiger partial charge in [0, 0.05) is 6.42 Å². The lowest BCUT2D eigenvalue weighted by atomic mass is 10.0. The molecule has 90 valence electrons. The standard InChI is InChI=1S/C13H18F2O/c1-5-8-10(4)9-11(12(16)6-2)13(14,15)7-3/h5-6,9,16H,1-2,7-8H2,3-4H3/b10-9+,12-11-. The van der Waals surface area contributed by atoms with Crippen molar-refractivity contribution in [3.8, 4) is 0 Å². The summed E-state index contributed by atoms with van der Waals surface area (Å²) in [5.41, 5.74) is 0.330. The normalized spacial score (nSPS) is 14.4. The molecule has 3 heteroatoms. The van der Waals surface area contributed by atoms with Gasteiger partial charge in [-0.25, -0.2) is 8.78 Å². The van der Waals surface area contributed by atoms with Gasteiger partial charge in [0.2, 0.25) is 0 Å². The Morgan fingerprint density at radius 2 is 1.94 bits per heavy atom. The molecule has 1 nitrogen and oxygen atoms in total. The van der Waals surface area contributed by atoms with E-state index in [-0.39, 0.29) is 12.0 Å². The summed E-state index contributed by atoms with van der Waals surface area (Å²) in [5, 5.41) is 9.41. The molecule has 0 saturated carbocycles. The van der Waals surface area contributed by atoms with Crippen LogP contribution in [0.25, 0.3) is 0 Å². The van der Waals surface area contributed by atoms with E-state index in [9.17, 15) is 13.9 Å². The van der Waals surface area contributed by atoms with E-state index in [0.717, 1.165) is 6.08 Å². The topological polar surface area (TPSA) is 20.2 Å². The van der Waals surface area contributed by atoms with Crippen molar-refractivity contribution in [2.45, 2.75) is 32.6 Å². The largest absolute Gasteiger partial charge is 0.507 e. The first-order valence-electron chi connectivity index (χ1n) is 5.11. The van der Waals surface area contributed by atoms with Crippen LogP contribution in [0.2, 0.25) is 0 Å². The highest BCUT2D eigenvalue weighted by Crippen LogP contribution is 2.31. The zero-order chi connectivity index (χ0) is 12.8. The fourth-order valence-corrected chi connectivity index (χ4v) is 1.20. The predicted molar refractivity (Wildman–Crippen MR) is 63.7 cm³/mol. The Hall–Kier alpha value is -1.38. The predicted octanol–water partition coefficient (Wildman–Crippen LogP) is 4.55. The van der Waals surface area contributed by atoms with E-state index < -0.39 is 11.7 Å². The minimum absolute atomic E-state index is 0.363. The van der Waals surface area contributed by atoms with Crippen LogP contribution in [0.1, 0.15) is 26.7 Å². The van der Waals surface area contributed by atoms with E-state index >= 15 is 0 Å². The molecule has 0 radical (unpaired) electrons. The summed E-state index contributed by atoms with van der Waals surface area (Å²) in [5.74, 6) is -3.52. The van der Waals surface area contributed by atoms with Crippen LogP contribution < -0.4 is 0 Å². The fourth-order valence-electron chi connectivity index (χ4n) is 1.20. The lowest BCUT2D eigenvalue weighted by molar-refractivity contribution is 0.0377. The monoisotopic (exact) mass is 228 g/mol. The molecule has 0 heterocycles. The summed E-state index contributed by atoms with van der Waals surface area (Å²) >= 11 is 0. The summed E-state index contributed by atoms with van der Waals surface area (Å²) in [6.07, 6.45) is 4.09. The zero-order valence-corrected chi connectivity index (χ0v) is 9.76. The van der Waals surface area contributed by atoms with Gasteiger partial charge in [-0.15, -0.1) is 6.58 Å². The maximum Gasteiger partial charge on any atom is 0.276 e. The van der Waals surface area contributed by atoms with Crippen molar-refractivity contribution in [1.82, 2.24) is 0 Å². The summed E-state index contributed by atoms with van der Waals surface area (Å²) in [4.78, 5) is 0. The maximum absolute atomic E-state index is 13.5. The van der Waals surface area contributed by atoms with E-state index in [1.54, 1.807) is 13.0 Å². The van der Waals surface area contributed by atoms with Crippen LogP contribution in [-0.4, -0.2) is 11.0 Å². The van der Waals surface area contributed by atoms with E-state index in [1.165, 1.54) is 13.0 Å². The number of rotatable bonds is 6. The molecule has 16 heavy (non-hydrogen) atoms. The van der Waals surface area contributed by atoms with Gasteiger partial charge in [-0.3, -0.25) is 0 Å². The molecule has 0 unspecified atom stereocenters. The third-order valence-electron chi connectivity index (χ3n) is 2.16. The smallest absolute Gasteiger partial charge is 0.276 e. The lowest BCUT2D eigenvalue weighted by Crippen LogP contribution is -2.18. The summed E-state index contributed by atoms with van der Waals surface area (Å²) in [6, 6.07) is 0. The van der Waals surface area contributed by atoms with Crippen molar-refractivity contribution in [1.29, 1.82) is 0 Å². The molecule has 0 rings (SSSR count). The van der Waals surface area contributed by atoms with Crippen molar-refractivity contribution in [3.63, 3.8) is 0 Å². The van der Waals surface area contributed by atoms with Crippen LogP contribution in [0, 0.1) is 0 Å². The van der Waals surface area contributed by atoms with Gasteiger partial charge in [0.1, 0.15) is 5.76 Å². The van der Waals surface area contributed by atoms with Crippen LogP contribution in [0.5, 0.6) is 0 Å². The van der Waals surface area contributed by atoms with Crippen LogP contribution in [0.15, 0.2) is 48.3 Å². The van der Waals surface area contributed by atoms with E-state index in [2.05, 4.69) is 13.2 Å². The quantitative estimate of drug-likeness (QED) is 0.401. The van der Waals surface area contributed by atoms with Gasteiger partial charge in [0.15, 0.2) is 0 Å². The van der Waals surface area contributed by atoms with Crippen molar-refractivity contribution >= 4 is 0 Å². The highest BCUT2D eigenvalue weighted by atomic mass is 19.3. The fraction of sp³-hybridized carbons (Fsp3) is 0.385. The van der Waals surface area contributed by atoms with Gasteiger partial charge in [-0.2, -0.15) is 0 Å². The van der Waals surface area contributed by atoms with Gasteiger partial charge >= 0.3 is 0 Å². The highest BCUT2D eigenvalue weighted by molar-refractivity contribution is 5.35. The molecule has 0 amide bonds. The minimum atomic E-state index is -3.04. The second-order valence-electron chi connectivity index (χ2n) is 3.54. The first kappa shape index (κ1) is 14.6. The number of aliphatic hydroxyl groups excluding tert-OH is 1. The van der Waals surface area contributed by atoms with E-state index in [1.807, 2.05) is 0 Å². The Morgan fingerprint density at radius 3 is 2.31 bits per heavy atom. The number of alkyl halides is 2. The average molecular weight is 228 g/mol. The first-order chi connectivity index (χ1) is 7.38. The molecule has 0 bridgehead atoms. The number of allylic oxidation sites excluding steroid dienone is 5. The zero-order valence-electron chi connectivity index (χ0n) is 9.76. The molecule has 0 aliphatic rings. The Labute approximate surface area is 95.5 Å². The van der Waals surface area contributed by atoms with Gasteiger partial charge in [-0.1, -0.05) is 31.2 Å². The molecule has 0 aliphatic carbocycles. The third kappa shape index (κ3) is 4.01. The van der Waals surface area contributed by atoms with Gasteiger partial charge in [0.25, 0.3) is 5.92 Å². The molecule has 0 aromatic carbocycles. The SMILES string of the molecule is C=CC/C(C)=C/C(=C(/O)C=C)C(F)(F)CC. The van der Waals surface area contributed by atoms with Crippen LogP contribution in [0.4, 0.5) is 8.78 Å². The Kier molecular flexibility index (Phi) is 5.72. The number of hydrogen-bond donors (Lipinski definition) is 1. The molecule has 0 spiro atoms. The average Bonchev–Trinajstić information content (AvgIpc) is 2.25. The van der Waals surface area contributed by atoms with Crippen molar-refractivity contribution in [2.75, 3.05) is 0 Å². The summed E-state index contributed by atoms with van der Waals surface area (Å²) in [6.45, 7) is 9.90. The van der Waals surface area contributed by atoms with Gasteiger partial charge in [-0.05, 0) is 19.4 Å². The molecule has 0 atom stereocenters. The Bertz CT molecular complexity index is 325. The maximum atomic E-state index is 13.5. The molecular formula is C13H18F2O. The molecule has 0 aliphatic heterocycles. The van der Waals surface area contributed by atoms with Crippen molar-refractivity contribution in [2.24, 2.45) is 0 Å². The molecule has 0 saturated heterocycles. The van der Waals surface area contributed by atoms with Crippen LogP contribution >= 0.6 is 0 Å². The number of aliphatic hydroxyl groups is 1. The molecule has 1 N–H and O–H groups in total. The summed E-state index contributed by atoms with van der Waals surface area (Å²) < 4.78 is 27.0. The van der Waals surface area contributed by atoms with Crippen molar-refractivity contribution in [3.05, 3.63) is 48.3 Å². The van der Waals surface area contributed by atoms with Crippen LogP contribution in [0.3, 0.4) is 0 Å². The Morgan fingerprint density at radius 1 is 1.38 bits per heavy atom. The summed E-state index contributed by atoms with van der Waals surface area (Å²) in [7, 11) is 0. The lowest BCUT2D eigenvalue weighted by Gasteiger charge is -2.17. The third-order valence-corrected chi connectivity index (χ3v) is 2.16. The highest BCUT2D eigenvalue weighted by Gasteiger charge is 2.32. The van der Waals surface area contributed by atoms with Crippen LogP contribution in [-0.2, 0) is 0 Å². The van der Waals surface area contributed by atoms with Gasteiger partial charge in [0.05, 0.1) is 5.57 Å².